The number of thiol groups is 1. The van der Waals surface area contributed by atoms with E-state index in [1.807, 2.05) is 12.1 Å². The molecule has 0 saturated heterocycles. The average Bonchev–Trinajstić information content (AvgIpc) is 2.32. The first-order valence-corrected chi connectivity index (χ1v) is 5.49. The maximum atomic E-state index is 9.20. The molecule has 0 bridgehead atoms. The van der Waals surface area contributed by atoms with E-state index in [0.29, 0.717) is 5.75 Å². The van der Waals surface area contributed by atoms with Crippen molar-refractivity contribution in [1.29, 1.82) is 0 Å². The van der Waals surface area contributed by atoms with Crippen LogP contribution in [0.15, 0.2) is 48.5 Å². The molecule has 2 rings (SSSR count). The molecule has 0 aliphatic carbocycles. The second kappa shape index (κ2) is 5.05. The fourth-order valence-electron chi connectivity index (χ4n) is 1.56. The largest absolute Gasteiger partial charge is 0.508 e. The third-order valence-corrected chi connectivity index (χ3v) is 2.60. The zero-order valence-electron chi connectivity index (χ0n) is 8.72. The van der Waals surface area contributed by atoms with Gasteiger partial charge in [0.1, 0.15) is 5.75 Å². The van der Waals surface area contributed by atoms with Crippen LogP contribution in [0.1, 0.15) is 5.56 Å². The summed E-state index contributed by atoms with van der Waals surface area (Å²) < 4.78 is 2.81. The Labute approximate surface area is 100 Å². The molecule has 0 atom stereocenters. The second-order valence-electron chi connectivity index (χ2n) is 3.58. The van der Waals surface area contributed by atoms with Crippen LogP contribution in [0.2, 0.25) is 0 Å². The number of aromatic hydroxyl groups is 1. The number of phenols is 1. The average molecular weight is 231 g/mol. The first kappa shape index (κ1) is 11.0. The van der Waals surface area contributed by atoms with Crippen molar-refractivity contribution in [3.05, 3.63) is 54.1 Å². The van der Waals surface area contributed by atoms with Crippen LogP contribution in [0.4, 0.5) is 0 Å². The topological polar surface area (TPSA) is 32.3 Å². The first-order valence-electron chi connectivity index (χ1n) is 5.05. The van der Waals surface area contributed by atoms with E-state index in [-0.39, 0.29) is 0 Å². The van der Waals surface area contributed by atoms with Gasteiger partial charge in [-0.1, -0.05) is 49.2 Å². The SMILES string of the molecule is Oc1ccc(-c2ccc(CNS)cc2)cc1. The van der Waals surface area contributed by atoms with E-state index in [1.165, 1.54) is 5.56 Å². The minimum atomic E-state index is 0.291. The van der Waals surface area contributed by atoms with E-state index < -0.39 is 0 Å². The summed E-state index contributed by atoms with van der Waals surface area (Å²) in [5, 5.41) is 9.20. The van der Waals surface area contributed by atoms with E-state index in [9.17, 15) is 5.11 Å². The van der Waals surface area contributed by atoms with E-state index in [1.54, 1.807) is 12.1 Å². The highest BCUT2D eigenvalue weighted by atomic mass is 32.1. The molecular formula is C13H13NOS. The Kier molecular flexibility index (Phi) is 3.49. The summed E-state index contributed by atoms with van der Waals surface area (Å²) in [4.78, 5) is 0. The van der Waals surface area contributed by atoms with Gasteiger partial charge in [0.2, 0.25) is 0 Å². The number of nitrogens with one attached hydrogen (secondary N) is 1. The summed E-state index contributed by atoms with van der Waals surface area (Å²) in [6, 6.07) is 15.4. The predicted molar refractivity (Wildman–Crippen MR) is 69.4 cm³/mol. The van der Waals surface area contributed by atoms with Crippen LogP contribution < -0.4 is 4.72 Å². The van der Waals surface area contributed by atoms with E-state index in [4.69, 9.17) is 0 Å². The van der Waals surface area contributed by atoms with E-state index >= 15 is 0 Å². The molecule has 2 N–H and O–H groups in total. The van der Waals surface area contributed by atoms with Gasteiger partial charge in [0.05, 0.1) is 0 Å². The predicted octanol–water partition coefficient (Wildman–Crippen LogP) is 2.99. The molecule has 0 aromatic heterocycles. The van der Waals surface area contributed by atoms with Gasteiger partial charge in [0, 0.05) is 6.54 Å². The molecule has 3 heteroatoms. The zero-order valence-corrected chi connectivity index (χ0v) is 9.61. The third kappa shape index (κ3) is 2.56. The fraction of sp³-hybridized carbons (Fsp3) is 0.0769. The number of hydrogen-bond acceptors (Lipinski definition) is 3. The molecule has 0 aliphatic heterocycles. The van der Waals surface area contributed by atoms with Crippen molar-refractivity contribution in [3.8, 4) is 16.9 Å². The fourth-order valence-corrected chi connectivity index (χ4v) is 1.74. The molecule has 16 heavy (non-hydrogen) atoms. The minimum Gasteiger partial charge on any atom is -0.508 e. The maximum absolute atomic E-state index is 9.20. The molecule has 2 aromatic carbocycles. The van der Waals surface area contributed by atoms with Crippen molar-refractivity contribution in [2.75, 3.05) is 0 Å². The molecule has 2 nitrogen and oxygen atoms in total. The van der Waals surface area contributed by atoms with Crippen LogP contribution in [0, 0.1) is 0 Å². The molecule has 0 fully saturated rings. The molecule has 0 spiro atoms. The molecule has 0 unspecified atom stereocenters. The molecule has 0 saturated carbocycles. The summed E-state index contributed by atoms with van der Waals surface area (Å²) >= 11 is 3.96. The highest BCUT2D eigenvalue weighted by Crippen LogP contribution is 2.22. The van der Waals surface area contributed by atoms with Crippen LogP contribution in [-0.4, -0.2) is 5.11 Å². The monoisotopic (exact) mass is 231 g/mol. The Bertz CT molecular complexity index is 450. The smallest absolute Gasteiger partial charge is 0.115 e. The Morgan fingerprint density at radius 1 is 0.875 bits per heavy atom. The van der Waals surface area contributed by atoms with Crippen LogP contribution in [0.5, 0.6) is 5.75 Å². The van der Waals surface area contributed by atoms with Crippen LogP contribution in [-0.2, 0) is 6.54 Å². The normalized spacial score (nSPS) is 10.3. The number of benzene rings is 2. The van der Waals surface area contributed by atoms with Crippen LogP contribution in [0.3, 0.4) is 0 Å². The van der Waals surface area contributed by atoms with Crippen molar-refractivity contribution >= 4 is 12.8 Å². The summed E-state index contributed by atoms with van der Waals surface area (Å²) in [5.41, 5.74) is 3.43. The number of phenolic OH excluding ortho intramolecular Hbond substituents is 1. The highest BCUT2D eigenvalue weighted by Gasteiger charge is 1.97. The quantitative estimate of drug-likeness (QED) is 0.710. The standard InChI is InChI=1S/C13H13NOS/c15-13-7-5-12(6-8-13)11-3-1-10(2-4-11)9-14-16/h1-8,14-16H,9H2. The van der Waals surface area contributed by atoms with Gasteiger partial charge in [-0.2, -0.15) is 0 Å². The number of hydrogen-bond donors (Lipinski definition) is 3. The lowest BCUT2D eigenvalue weighted by molar-refractivity contribution is 0.475. The minimum absolute atomic E-state index is 0.291. The van der Waals surface area contributed by atoms with E-state index in [0.717, 1.165) is 17.7 Å². The summed E-state index contributed by atoms with van der Waals surface area (Å²) in [6.07, 6.45) is 0. The molecule has 0 amide bonds. The lowest BCUT2D eigenvalue weighted by atomic mass is 10.0. The van der Waals surface area contributed by atoms with Gasteiger partial charge in [-0.3, -0.25) is 4.72 Å². The molecule has 0 aliphatic rings. The summed E-state index contributed by atoms with van der Waals surface area (Å²) in [6.45, 7) is 0.749. The van der Waals surface area contributed by atoms with Crippen LogP contribution >= 0.6 is 12.8 Å². The van der Waals surface area contributed by atoms with Crippen molar-refractivity contribution < 1.29 is 5.11 Å². The summed E-state index contributed by atoms with van der Waals surface area (Å²) in [7, 11) is 0. The van der Waals surface area contributed by atoms with Crippen molar-refractivity contribution in [3.63, 3.8) is 0 Å². The van der Waals surface area contributed by atoms with Crippen molar-refractivity contribution in [1.82, 2.24) is 4.72 Å². The van der Waals surface area contributed by atoms with Crippen molar-refractivity contribution in [2.24, 2.45) is 0 Å². The Balaban J connectivity index is 2.24. The van der Waals surface area contributed by atoms with Gasteiger partial charge in [0.25, 0.3) is 0 Å². The van der Waals surface area contributed by atoms with Gasteiger partial charge in [-0.25, -0.2) is 0 Å². The lowest BCUT2D eigenvalue weighted by Gasteiger charge is -2.04. The Morgan fingerprint density at radius 2 is 1.38 bits per heavy atom. The zero-order chi connectivity index (χ0) is 11.4. The van der Waals surface area contributed by atoms with Gasteiger partial charge in [-0.15, -0.1) is 0 Å². The molecule has 2 aromatic rings. The van der Waals surface area contributed by atoms with Crippen molar-refractivity contribution in [2.45, 2.75) is 6.54 Å². The highest BCUT2D eigenvalue weighted by molar-refractivity contribution is 7.78. The molecule has 82 valence electrons. The van der Waals surface area contributed by atoms with Gasteiger partial charge < -0.3 is 5.11 Å². The lowest BCUT2D eigenvalue weighted by Crippen LogP contribution is -1.97. The van der Waals surface area contributed by atoms with Crippen LogP contribution in [0.25, 0.3) is 11.1 Å². The van der Waals surface area contributed by atoms with Gasteiger partial charge >= 0.3 is 0 Å². The molecular weight excluding hydrogens is 218 g/mol. The summed E-state index contributed by atoms with van der Waals surface area (Å²) in [5.74, 6) is 0.291. The molecule has 0 heterocycles. The number of rotatable bonds is 3. The first-order chi connectivity index (χ1) is 7.79. The van der Waals surface area contributed by atoms with Gasteiger partial charge in [0.15, 0.2) is 0 Å². The Morgan fingerprint density at radius 3 is 1.88 bits per heavy atom. The van der Waals surface area contributed by atoms with E-state index in [2.05, 4.69) is 41.8 Å². The molecule has 0 radical (unpaired) electrons. The Hall–Kier alpha value is -1.45. The van der Waals surface area contributed by atoms with Gasteiger partial charge in [-0.05, 0) is 28.8 Å². The maximum Gasteiger partial charge on any atom is 0.115 e. The third-order valence-electron chi connectivity index (χ3n) is 2.44. The second-order valence-corrected chi connectivity index (χ2v) is 3.89.